The monoisotopic (exact) mass is 1440 g/mol. The lowest BCUT2D eigenvalue weighted by Crippen LogP contribution is -2.44. The molecule has 0 saturated heterocycles. The van der Waals surface area contributed by atoms with Gasteiger partial charge in [-0.05, 0) is 89.9 Å². The Hall–Kier alpha value is -3.53. The molecule has 0 radical (unpaired) electrons. The van der Waals surface area contributed by atoms with Crippen molar-refractivity contribution in [2.24, 2.45) is 0 Å². The minimum atomic E-state index is -1.62. The van der Waals surface area contributed by atoms with E-state index in [1.54, 1.807) is 0 Å². The van der Waals surface area contributed by atoms with Crippen molar-refractivity contribution >= 4 is 17.9 Å². The number of carbonyl (C=O) groups excluding carboxylic acids is 3. The molecule has 9 nitrogen and oxygen atoms in total. The number of carboxylic acids is 1. The van der Waals surface area contributed by atoms with Crippen LogP contribution in [-0.4, -0.2) is 82.3 Å². The summed E-state index contributed by atoms with van der Waals surface area (Å²) < 4.78 is 22.9. The van der Waals surface area contributed by atoms with Crippen LogP contribution in [0.2, 0.25) is 0 Å². The van der Waals surface area contributed by atoms with Crippen molar-refractivity contribution in [3.8, 4) is 0 Å². The Kier molecular flexibility index (Phi) is 81.2. The molecular weight excluding hydrogens is 1270 g/mol. The molecule has 0 saturated carbocycles. The second kappa shape index (κ2) is 84.1. The SMILES string of the molecule is CC/C=C\C/C=C\C/C=C\C/C=C\C/C=C\C/C=C\CCCCCCCCCCCCCCCCCCCCCCC(=O)OC(COC(=O)CCCCCCCCCCCCCCCCCCCCCCCCCCCCC/C=C\CCCCCCCCCC)COC(OCC[N+](C)(C)C)C(=O)[O-]. The average Bonchev–Trinajstić information content (AvgIpc) is 0.985. The fourth-order valence-corrected chi connectivity index (χ4v) is 13.4. The Morgan fingerprint density at radius 2 is 0.553 bits per heavy atom. The number of hydrogen-bond acceptors (Lipinski definition) is 8. The lowest BCUT2D eigenvalue weighted by atomic mass is 10.0. The summed E-state index contributed by atoms with van der Waals surface area (Å²) in [6.45, 7) is 4.70. The van der Waals surface area contributed by atoms with Crippen molar-refractivity contribution in [1.29, 1.82) is 0 Å². The zero-order valence-corrected chi connectivity index (χ0v) is 68.9. The van der Waals surface area contributed by atoms with Crippen LogP contribution in [0.5, 0.6) is 0 Å². The number of allylic oxidation sites excluding steroid dienone is 14. The summed E-state index contributed by atoms with van der Waals surface area (Å²) in [6, 6.07) is 0. The van der Waals surface area contributed by atoms with E-state index in [4.69, 9.17) is 18.9 Å². The number of esters is 2. The number of aliphatic carboxylic acids is 1. The van der Waals surface area contributed by atoms with Gasteiger partial charge >= 0.3 is 11.9 Å². The highest BCUT2D eigenvalue weighted by Gasteiger charge is 2.22. The predicted octanol–water partition coefficient (Wildman–Crippen LogP) is 27.9. The van der Waals surface area contributed by atoms with Crippen molar-refractivity contribution in [2.45, 2.75) is 450 Å². The molecule has 0 aliphatic rings. The third kappa shape index (κ3) is 85.6. The number of ether oxygens (including phenoxy) is 4. The fraction of sp³-hybridized carbons (Fsp3) is 0.819. The molecule has 0 fully saturated rings. The number of carboxylic acid groups (broad SMARTS) is 1. The predicted molar refractivity (Wildman–Crippen MR) is 444 cm³/mol. The standard InChI is InChI=1S/C94H171NO8/c1-6-8-10-12-14-16-18-20-22-24-26-28-30-32-34-36-38-40-42-44-46-48-50-52-54-56-58-60-62-64-66-68-70-72-74-76-78-80-82-84-91(96)101-88-90(89-102-94(93(98)99)100-87-86-95(3,4)5)103-92(97)85-83-81-79-77-75-73-71-69-67-65-63-61-59-57-55-53-51-49-47-45-43-41-39-37-35-33-31-29-27-25-23-21-19-17-15-13-11-9-7-2/h9,11,15,17,21,23-24,26-27,29,33,35,39,41,90,94H,6-8,10,12-14,16,18-20,22,25,28,30-32,34,36-38,40,42-89H2,1-5H3/b11-9-,17-15-,23-21-,26-24-,29-27-,35-33-,41-39-. The van der Waals surface area contributed by atoms with E-state index in [1.807, 2.05) is 21.1 Å². The Morgan fingerprint density at radius 3 is 0.835 bits per heavy atom. The topological polar surface area (TPSA) is 111 Å². The van der Waals surface area contributed by atoms with E-state index in [-0.39, 0.29) is 32.2 Å². The molecule has 0 bridgehead atoms. The normalized spacial score (nSPS) is 13.0. The molecule has 0 aromatic carbocycles. The van der Waals surface area contributed by atoms with Gasteiger partial charge in [-0.1, -0.05) is 420 Å². The van der Waals surface area contributed by atoms with Crippen LogP contribution in [0.25, 0.3) is 0 Å². The van der Waals surface area contributed by atoms with Crippen LogP contribution in [0.4, 0.5) is 0 Å². The van der Waals surface area contributed by atoms with Crippen molar-refractivity contribution in [1.82, 2.24) is 0 Å². The van der Waals surface area contributed by atoms with E-state index in [0.717, 1.165) is 70.6 Å². The van der Waals surface area contributed by atoms with Crippen molar-refractivity contribution in [2.75, 3.05) is 47.5 Å². The van der Waals surface area contributed by atoms with Gasteiger partial charge in [-0.25, -0.2) is 0 Å². The highest BCUT2D eigenvalue weighted by molar-refractivity contribution is 5.70. The largest absolute Gasteiger partial charge is 0.545 e. The summed E-state index contributed by atoms with van der Waals surface area (Å²) in [7, 11) is 5.95. The van der Waals surface area contributed by atoms with E-state index in [9.17, 15) is 19.5 Å². The first-order valence-electron chi connectivity index (χ1n) is 44.7. The second-order valence-corrected chi connectivity index (χ2v) is 31.5. The number of quaternary nitrogens is 1. The van der Waals surface area contributed by atoms with Crippen LogP contribution in [0.3, 0.4) is 0 Å². The van der Waals surface area contributed by atoms with Gasteiger partial charge in [0.1, 0.15) is 13.2 Å². The highest BCUT2D eigenvalue weighted by Crippen LogP contribution is 2.20. The van der Waals surface area contributed by atoms with E-state index < -0.39 is 24.3 Å². The molecule has 103 heavy (non-hydrogen) atoms. The fourth-order valence-electron chi connectivity index (χ4n) is 13.4. The third-order valence-electron chi connectivity index (χ3n) is 20.1. The van der Waals surface area contributed by atoms with Gasteiger partial charge in [-0.3, -0.25) is 9.59 Å². The Balaban J connectivity index is 3.92. The number of nitrogens with zero attached hydrogens (tertiary/aromatic N) is 1. The maximum atomic E-state index is 13.0. The number of unbranched alkanes of at least 4 members (excludes halogenated alkanes) is 55. The molecule has 2 unspecified atom stereocenters. The van der Waals surface area contributed by atoms with Gasteiger partial charge in [0.05, 0.1) is 40.3 Å². The summed E-state index contributed by atoms with van der Waals surface area (Å²) in [5.74, 6) is -2.25. The van der Waals surface area contributed by atoms with E-state index in [0.29, 0.717) is 23.9 Å². The van der Waals surface area contributed by atoms with Gasteiger partial charge in [0.25, 0.3) is 0 Å². The quantitative estimate of drug-likeness (QED) is 0.0195. The van der Waals surface area contributed by atoms with Crippen LogP contribution >= 0.6 is 0 Å². The first kappa shape index (κ1) is 99.5. The minimum absolute atomic E-state index is 0.149. The zero-order chi connectivity index (χ0) is 74.6. The van der Waals surface area contributed by atoms with Crippen LogP contribution in [0.1, 0.15) is 438 Å². The molecule has 9 heteroatoms. The Morgan fingerprint density at radius 1 is 0.301 bits per heavy atom. The smallest absolute Gasteiger partial charge is 0.306 e. The highest BCUT2D eigenvalue weighted by atomic mass is 16.7. The average molecular weight is 1440 g/mol. The zero-order valence-electron chi connectivity index (χ0n) is 68.9. The van der Waals surface area contributed by atoms with Crippen molar-refractivity contribution in [3.63, 3.8) is 0 Å². The Labute approximate surface area is 640 Å². The summed E-state index contributed by atoms with van der Waals surface area (Å²) in [5, 5.41) is 11.9. The maximum Gasteiger partial charge on any atom is 0.306 e. The minimum Gasteiger partial charge on any atom is -0.545 e. The third-order valence-corrected chi connectivity index (χ3v) is 20.1. The summed E-state index contributed by atoms with van der Waals surface area (Å²) in [6.07, 6.45) is 113. The molecule has 600 valence electrons. The van der Waals surface area contributed by atoms with Crippen LogP contribution in [-0.2, 0) is 33.3 Å². The van der Waals surface area contributed by atoms with Gasteiger partial charge in [-0.15, -0.1) is 0 Å². The molecule has 0 amide bonds. The molecule has 0 aromatic rings. The second-order valence-electron chi connectivity index (χ2n) is 31.5. The molecule has 0 aliphatic carbocycles. The van der Waals surface area contributed by atoms with Crippen molar-refractivity contribution < 1.29 is 42.9 Å². The maximum absolute atomic E-state index is 13.0. The van der Waals surface area contributed by atoms with Crippen molar-refractivity contribution in [3.05, 3.63) is 85.1 Å². The molecule has 0 heterocycles. The molecule has 0 spiro atoms. The summed E-state index contributed by atoms with van der Waals surface area (Å²) in [5.41, 5.74) is 0. The summed E-state index contributed by atoms with van der Waals surface area (Å²) >= 11 is 0. The number of likely N-dealkylation sites (N-methyl/N-ethyl adjacent to an activating group) is 1. The van der Waals surface area contributed by atoms with E-state index in [2.05, 4.69) is 98.9 Å². The molecule has 0 rings (SSSR count). The van der Waals surface area contributed by atoms with Gasteiger partial charge < -0.3 is 33.3 Å². The van der Waals surface area contributed by atoms with Gasteiger partial charge in [0, 0.05) is 12.8 Å². The lowest BCUT2D eigenvalue weighted by Gasteiger charge is -2.26. The first-order chi connectivity index (χ1) is 50.6. The molecule has 2 atom stereocenters. The number of carbonyl (C=O) groups is 3. The molecule has 0 aliphatic heterocycles. The van der Waals surface area contributed by atoms with E-state index in [1.165, 1.54) is 334 Å². The number of rotatable bonds is 84. The Bertz CT molecular complexity index is 1980. The van der Waals surface area contributed by atoms with Crippen LogP contribution < -0.4 is 5.11 Å². The number of hydrogen-bond donors (Lipinski definition) is 0. The molecule has 0 aromatic heterocycles. The van der Waals surface area contributed by atoms with Crippen LogP contribution in [0.15, 0.2) is 85.1 Å². The van der Waals surface area contributed by atoms with Gasteiger partial charge in [0.2, 0.25) is 0 Å². The summed E-state index contributed by atoms with van der Waals surface area (Å²) in [4.78, 5) is 37.7. The van der Waals surface area contributed by atoms with E-state index >= 15 is 0 Å². The van der Waals surface area contributed by atoms with Crippen LogP contribution in [0, 0.1) is 0 Å². The lowest BCUT2D eigenvalue weighted by molar-refractivity contribution is -0.870. The van der Waals surface area contributed by atoms with Gasteiger partial charge in [-0.2, -0.15) is 0 Å². The molecule has 0 N–H and O–H groups in total. The van der Waals surface area contributed by atoms with Gasteiger partial charge in [0.15, 0.2) is 12.4 Å². The first-order valence-corrected chi connectivity index (χ1v) is 44.7. The molecular formula is C94H171NO8.